The summed E-state index contributed by atoms with van der Waals surface area (Å²) in [5.41, 5.74) is 0.792. The highest BCUT2D eigenvalue weighted by Gasteiger charge is 2.34. The number of likely N-dealkylation sites (N-methyl/N-ethyl adjacent to an activating group) is 1. The molecule has 3 rings (SSSR count). The molecule has 0 saturated heterocycles. The molecule has 0 aliphatic heterocycles. The Labute approximate surface area is 228 Å². The molecule has 0 fully saturated rings. The summed E-state index contributed by atoms with van der Waals surface area (Å²) in [5, 5.41) is 3.37. The van der Waals surface area contributed by atoms with Crippen molar-refractivity contribution in [1.29, 1.82) is 0 Å². The molecule has 0 spiro atoms. The van der Waals surface area contributed by atoms with Gasteiger partial charge in [-0.1, -0.05) is 78.7 Å². The molecule has 0 unspecified atom stereocenters. The average molecular weight is 563 g/mol. The van der Waals surface area contributed by atoms with Crippen molar-refractivity contribution in [2.75, 3.05) is 17.4 Å². The first kappa shape index (κ1) is 28.5. The minimum Gasteiger partial charge on any atom is -0.355 e. The van der Waals surface area contributed by atoms with E-state index in [-0.39, 0.29) is 28.1 Å². The fraction of sp³-hybridized carbons (Fsp3) is 0.259. The van der Waals surface area contributed by atoms with Crippen LogP contribution in [0.3, 0.4) is 0 Å². The maximum atomic E-state index is 13.9. The van der Waals surface area contributed by atoms with Crippen LogP contribution in [0.15, 0.2) is 83.8 Å². The molecule has 0 saturated carbocycles. The number of halogens is 2. The molecule has 3 aromatic rings. The number of sulfonamides is 1. The molecule has 10 heteroatoms. The minimum absolute atomic E-state index is 0.0103. The smallest absolute Gasteiger partial charge is 0.264 e. The molecule has 0 aliphatic rings. The molecule has 196 valence electrons. The third-order valence-corrected chi connectivity index (χ3v) is 8.23. The summed E-state index contributed by atoms with van der Waals surface area (Å²) < 4.78 is 28.4. The first-order valence-corrected chi connectivity index (χ1v) is 14.0. The highest BCUT2D eigenvalue weighted by Crippen LogP contribution is 2.31. The molecule has 37 heavy (non-hydrogen) atoms. The molecule has 3 aromatic carbocycles. The molecule has 0 aromatic heterocycles. The standard InChI is InChI=1S/C27H29Cl2N3O4S/c1-3-24(27(34)30-4-2)31(18-20-12-8-9-15-22(20)28)26(33)19-32(25-17-11-10-16-23(25)29)37(35,36)21-13-6-5-7-14-21/h5-17,24H,3-4,18-19H2,1-2H3,(H,30,34)/t24-/m1/s1. The van der Waals surface area contributed by atoms with Crippen molar-refractivity contribution in [3.05, 3.63) is 94.5 Å². The van der Waals surface area contributed by atoms with Crippen molar-refractivity contribution in [3.63, 3.8) is 0 Å². The van der Waals surface area contributed by atoms with Crippen molar-refractivity contribution in [1.82, 2.24) is 10.2 Å². The van der Waals surface area contributed by atoms with Crippen molar-refractivity contribution in [2.45, 2.75) is 37.8 Å². The van der Waals surface area contributed by atoms with Gasteiger partial charge in [-0.2, -0.15) is 0 Å². The lowest BCUT2D eigenvalue weighted by Crippen LogP contribution is -2.52. The number of nitrogens with zero attached hydrogens (tertiary/aromatic N) is 2. The van der Waals surface area contributed by atoms with E-state index in [1.807, 2.05) is 0 Å². The van der Waals surface area contributed by atoms with E-state index in [1.165, 1.54) is 23.1 Å². The molecule has 0 radical (unpaired) electrons. The van der Waals surface area contributed by atoms with Gasteiger partial charge < -0.3 is 10.2 Å². The molecule has 0 bridgehead atoms. The van der Waals surface area contributed by atoms with E-state index < -0.39 is 28.5 Å². The molecule has 7 nitrogen and oxygen atoms in total. The first-order chi connectivity index (χ1) is 17.7. The van der Waals surface area contributed by atoms with Crippen LogP contribution >= 0.6 is 23.2 Å². The maximum Gasteiger partial charge on any atom is 0.264 e. The van der Waals surface area contributed by atoms with E-state index in [2.05, 4.69) is 5.32 Å². The van der Waals surface area contributed by atoms with Crippen molar-refractivity contribution in [2.24, 2.45) is 0 Å². The van der Waals surface area contributed by atoms with E-state index in [0.29, 0.717) is 23.6 Å². The van der Waals surface area contributed by atoms with E-state index >= 15 is 0 Å². The zero-order valence-electron chi connectivity index (χ0n) is 20.6. The molecule has 1 N–H and O–H groups in total. The van der Waals surface area contributed by atoms with Gasteiger partial charge in [0.25, 0.3) is 10.0 Å². The molecule has 0 aliphatic carbocycles. The number of carbonyl (C=O) groups excluding carboxylic acids is 2. The van der Waals surface area contributed by atoms with Crippen LogP contribution in [-0.4, -0.2) is 44.3 Å². The number of hydrogen-bond acceptors (Lipinski definition) is 4. The molecular formula is C27H29Cl2N3O4S. The average Bonchev–Trinajstić information content (AvgIpc) is 2.89. The topological polar surface area (TPSA) is 86.8 Å². The number of para-hydroxylation sites is 1. The Balaban J connectivity index is 2.07. The lowest BCUT2D eigenvalue weighted by molar-refractivity contribution is -0.140. The van der Waals surface area contributed by atoms with Gasteiger partial charge in [0.15, 0.2) is 0 Å². The fourth-order valence-electron chi connectivity index (χ4n) is 3.91. The Morgan fingerprint density at radius 2 is 1.46 bits per heavy atom. The Morgan fingerprint density at radius 1 is 0.865 bits per heavy atom. The van der Waals surface area contributed by atoms with Gasteiger partial charge in [-0.05, 0) is 49.2 Å². The van der Waals surface area contributed by atoms with E-state index in [1.54, 1.807) is 74.5 Å². The Hall–Kier alpha value is -3.07. The first-order valence-electron chi connectivity index (χ1n) is 11.8. The van der Waals surface area contributed by atoms with Gasteiger partial charge >= 0.3 is 0 Å². The van der Waals surface area contributed by atoms with Gasteiger partial charge in [-0.25, -0.2) is 8.42 Å². The second-order valence-corrected chi connectivity index (χ2v) is 10.9. The summed E-state index contributed by atoms with van der Waals surface area (Å²) in [6.45, 7) is 3.42. The molecular weight excluding hydrogens is 533 g/mol. The normalized spacial score (nSPS) is 12.0. The van der Waals surface area contributed by atoms with Crippen LogP contribution in [0.2, 0.25) is 10.0 Å². The van der Waals surface area contributed by atoms with Crippen molar-refractivity contribution in [3.8, 4) is 0 Å². The molecule has 0 heterocycles. The maximum absolute atomic E-state index is 13.9. The van der Waals surface area contributed by atoms with Crippen LogP contribution in [-0.2, 0) is 26.2 Å². The number of carbonyl (C=O) groups is 2. The summed E-state index contributed by atoms with van der Waals surface area (Å²) in [5.74, 6) is -0.905. The third-order valence-electron chi connectivity index (χ3n) is 5.77. The quantitative estimate of drug-likeness (QED) is 0.351. The van der Waals surface area contributed by atoms with Gasteiger partial charge in [0.1, 0.15) is 12.6 Å². The summed E-state index contributed by atoms with van der Waals surface area (Å²) >= 11 is 12.8. The highest BCUT2D eigenvalue weighted by atomic mass is 35.5. The Morgan fingerprint density at radius 3 is 2.05 bits per heavy atom. The SMILES string of the molecule is CCNC(=O)[C@@H](CC)N(Cc1ccccc1Cl)C(=O)CN(c1ccccc1Cl)S(=O)(=O)c1ccccc1. The fourth-order valence-corrected chi connectivity index (χ4v) is 5.85. The lowest BCUT2D eigenvalue weighted by Gasteiger charge is -2.33. The van der Waals surface area contributed by atoms with Crippen LogP contribution in [0.25, 0.3) is 0 Å². The van der Waals surface area contributed by atoms with E-state index in [9.17, 15) is 18.0 Å². The van der Waals surface area contributed by atoms with Gasteiger partial charge in [-0.3, -0.25) is 13.9 Å². The zero-order valence-corrected chi connectivity index (χ0v) is 22.9. The molecule has 2 amide bonds. The summed E-state index contributed by atoms with van der Waals surface area (Å²) in [6.07, 6.45) is 0.319. The minimum atomic E-state index is -4.17. The van der Waals surface area contributed by atoms with Crippen LogP contribution in [0.4, 0.5) is 5.69 Å². The summed E-state index contributed by atoms with van der Waals surface area (Å²) in [6, 6.07) is 20.4. The second-order valence-electron chi connectivity index (χ2n) is 8.21. The van der Waals surface area contributed by atoms with Gasteiger partial charge in [0.2, 0.25) is 11.8 Å². The van der Waals surface area contributed by atoms with Crippen LogP contribution in [0, 0.1) is 0 Å². The van der Waals surface area contributed by atoms with Crippen LogP contribution in [0.5, 0.6) is 0 Å². The number of anilines is 1. The highest BCUT2D eigenvalue weighted by molar-refractivity contribution is 7.92. The van der Waals surface area contributed by atoms with Crippen molar-refractivity contribution >= 4 is 50.7 Å². The Kier molecular flexibility index (Phi) is 9.97. The number of hydrogen-bond donors (Lipinski definition) is 1. The van der Waals surface area contributed by atoms with Gasteiger partial charge in [-0.15, -0.1) is 0 Å². The largest absolute Gasteiger partial charge is 0.355 e. The second kappa shape index (κ2) is 12.9. The Bertz CT molecular complexity index is 1340. The van der Waals surface area contributed by atoms with Crippen molar-refractivity contribution < 1.29 is 18.0 Å². The molecule has 1 atom stereocenters. The van der Waals surface area contributed by atoms with E-state index in [4.69, 9.17) is 23.2 Å². The summed E-state index contributed by atoms with van der Waals surface area (Å²) in [7, 11) is -4.17. The number of rotatable bonds is 11. The predicted octanol–water partition coefficient (Wildman–Crippen LogP) is 5.13. The van der Waals surface area contributed by atoms with Crippen LogP contribution in [0.1, 0.15) is 25.8 Å². The third kappa shape index (κ3) is 6.83. The zero-order chi connectivity index (χ0) is 27.0. The predicted molar refractivity (Wildman–Crippen MR) is 147 cm³/mol. The van der Waals surface area contributed by atoms with Gasteiger partial charge in [0.05, 0.1) is 15.6 Å². The number of amides is 2. The van der Waals surface area contributed by atoms with E-state index in [0.717, 1.165) is 4.31 Å². The number of nitrogens with one attached hydrogen (secondary N) is 1. The van der Waals surface area contributed by atoms with Gasteiger partial charge in [0, 0.05) is 18.1 Å². The van der Waals surface area contributed by atoms with Crippen LogP contribution < -0.4 is 9.62 Å². The monoisotopic (exact) mass is 561 g/mol. The lowest BCUT2D eigenvalue weighted by atomic mass is 10.1. The summed E-state index contributed by atoms with van der Waals surface area (Å²) in [4.78, 5) is 28.2. The number of benzene rings is 3.